The van der Waals surface area contributed by atoms with Crippen molar-refractivity contribution in [3.63, 3.8) is 0 Å². The van der Waals surface area contributed by atoms with Crippen molar-refractivity contribution in [3.8, 4) is 0 Å². The van der Waals surface area contributed by atoms with Gasteiger partial charge in [0.05, 0.1) is 0 Å². The van der Waals surface area contributed by atoms with E-state index in [2.05, 4.69) is 13.8 Å². The van der Waals surface area contributed by atoms with Gasteiger partial charge in [0.15, 0.2) is 0 Å². The number of ether oxygens (including phenoxy) is 1. The van der Waals surface area contributed by atoms with Crippen LogP contribution in [-0.4, -0.2) is 25.4 Å². The van der Waals surface area contributed by atoms with Crippen LogP contribution in [0.1, 0.15) is 20.3 Å². The van der Waals surface area contributed by atoms with Gasteiger partial charge >= 0.3 is 0 Å². The molecule has 0 spiro atoms. The van der Waals surface area contributed by atoms with E-state index >= 15 is 0 Å². The lowest BCUT2D eigenvalue weighted by Gasteiger charge is -2.00. The molecular weight excluding hydrogens is 140 g/mol. The predicted molar refractivity (Wildman–Crippen MR) is 44.3 cm³/mol. The van der Waals surface area contributed by atoms with Crippen molar-refractivity contribution in [1.29, 1.82) is 0 Å². The van der Waals surface area contributed by atoms with Crippen LogP contribution in [0.2, 0.25) is 0 Å². The van der Waals surface area contributed by atoms with E-state index in [4.69, 9.17) is 9.84 Å². The molecule has 1 saturated carbocycles. The summed E-state index contributed by atoms with van der Waals surface area (Å²) in [5.41, 5.74) is 0.354. The first-order valence-electron chi connectivity index (χ1n) is 4.24. The van der Waals surface area contributed by atoms with E-state index in [9.17, 15) is 0 Å². The summed E-state index contributed by atoms with van der Waals surface area (Å²) >= 11 is 0. The molecule has 0 aromatic rings. The van der Waals surface area contributed by atoms with Crippen molar-refractivity contribution in [3.05, 3.63) is 0 Å². The van der Waals surface area contributed by atoms with Crippen LogP contribution in [0.3, 0.4) is 0 Å². The average Bonchev–Trinajstić information content (AvgIpc) is 2.48. The fraction of sp³-hybridized carbons (Fsp3) is 1.00. The Bertz CT molecular complexity index is 132. The van der Waals surface area contributed by atoms with Crippen molar-refractivity contribution in [1.82, 2.24) is 0 Å². The molecule has 2 atom stereocenters. The summed E-state index contributed by atoms with van der Waals surface area (Å²) < 4.78 is 5.00. The van der Waals surface area contributed by atoms with Gasteiger partial charge in [0.1, 0.15) is 0 Å². The molecule has 2 nitrogen and oxygen atoms in total. The first-order valence-corrected chi connectivity index (χ1v) is 4.24. The van der Waals surface area contributed by atoms with Gasteiger partial charge in [-0.15, -0.1) is 0 Å². The number of aliphatic hydroxyl groups excluding tert-OH is 1. The molecule has 1 rings (SSSR count). The SMILES string of the molecule is COCC[C@H]1[C@@H](CO)C1(C)C. The lowest BCUT2D eigenvalue weighted by Crippen LogP contribution is -1.95. The summed E-state index contributed by atoms with van der Waals surface area (Å²) in [5, 5.41) is 8.97. The summed E-state index contributed by atoms with van der Waals surface area (Å²) in [5.74, 6) is 1.19. The molecule has 2 heteroatoms. The first kappa shape index (κ1) is 9.01. The smallest absolute Gasteiger partial charge is 0.0467 e. The van der Waals surface area contributed by atoms with Gasteiger partial charge in [0.2, 0.25) is 0 Å². The van der Waals surface area contributed by atoms with Gasteiger partial charge in [-0.05, 0) is 23.7 Å². The van der Waals surface area contributed by atoms with Gasteiger partial charge in [0.25, 0.3) is 0 Å². The lowest BCUT2D eigenvalue weighted by molar-refractivity contribution is 0.183. The third kappa shape index (κ3) is 1.57. The standard InChI is InChI=1S/C9H18O2/c1-9(2)7(4-5-11-3)8(9)6-10/h7-8,10H,4-6H2,1-3H3/t7-,8+/m0/s1. The largest absolute Gasteiger partial charge is 0.396 e. The maximum atomic E-state index is 8.97. The highest BCUT2D eigenvalue weighted by Crippen LogP contribution is 2.59. The monoisotopic (exact) mass is 158 g/mol. The molecule has 0 aromatic heterocycles. The van der Waals surface area contributed by atoms with Crippen LogP contribution in [0.5, 0.6) is 0 Å². The third-order valence-corrected chi connectivity index (χ3v) is 3.12. The first-order chi connectivity index (χ1) is 5.14. The predicted octanol–water partition coefficient (Wildman–Crippen LogP) is 1.29. The molecule has 0 amide bonds. The molecular formula is C9H18O2. The van der Waals surface area contributed by atoms with Gasteiger partial charge in [-0.1, -0.05) is 13.8 Å². The summed E-state index contributed by atoms with van der Waals surface area (Å²) in [4.78, 5) is 0. The summed E-state index contributed by atoms with van der Waals surface area (Å²) in [7, 11) is 1.73. The van der Waals surface area contributed by atoms with Crippen LogP contribution < -0.4 is 0 Å². The second-order valence-electron chi connectivity index (χ2n) is 4.00. The lowest BCUT2D eigenvalue weighted by atomic mass is 10.1. The number of hydrogen-bond acceptors (Lipinski definition) is 2. The Kier molecular flexibility index (Phi) is 2.55. The van der Waals surface area contributed by atoms with Gasteiger partial charge in [-0.2, -0.15) is 0 Å². The van der Waals surface area contributed by atoms with Crippen LogP contribution in [0.15, 0.2) is 0 Å². The molecule has 0 radical (unpaired) electrons. The average molecular weight is 158 g/mol. The van der Waals surface area contributed by atoms with Crippen molar-refractivity contribution >= 4 is 0 Å². The van der Waals surface area contributed by atoms with Crippen molar-refractivity contribution in [2.24, 2.45) is 17.3 Å². The third-order valence-electron chi connectivity index (χ3n) is 3.12. The van der Waals surface area contributed by atoms with E-state index in [-0.39, 0.29) is 0 Å². The minimum atomic E-state index is 0.335. The molecule has 0 aliphatic heterocycles. The molecule has 1 fully saturated rings. The van der Waals surface area contributed by atoms with Crippen LogP contribution >= 0.6 is 0 Å². The maximum absolute atomic E-state index is 8.97. The van der Waals surface area contributed by atoms with E-state index in [0.29, 0.717) is 23.9 Å². The Morgan fingerprint density at radius 3 is 2.36 bits per heavy atom. The molecule has 0 unspecified atom stereocenters. The highest BCUT2D eigenvalue weighted by Gasteiger charge is 2.56. The topological polar surface area (TPSA) is 29.5 Å². The number of methoxy groups -OCH3 is 1. The number of aliphatic hydroxyl groups is 1. The zero-order valence-electron chi connectivity index (χ0n) is 7.63. The van der Waals surface area contributed by atoms with Crippen LogP contribution in [0, 0.1) is 17.3 Å². The Labute approximate surface area is 68.6 Å². The highest BCUT2D eigenvalue weighted by molar-refractivity contribution is 5.03. The van der Waals surface area contributed by atoms with Gasteiger partial charge < -0.3 is 9.84 Å². The molecule has 0 aromatic carbocycles. The minimum absolute atomic E-state index is 0.335. The van der Waals surface area contributed by atoms with Crippen LogP contribution in [0.4, 0.5) is 0 Å². The van der Waals surface area contributed by atoms with E-state index in [1.807, 2.05) is 0 Å². The second-order valence-corrected chi connectivity index (χ2v) is 4.00. The molecule has 66 valence electrons. The summed E-state index contributed by atoms with van der Waals surface area (Å²) in [6.45, 7) is 5.59. The van der Waals surface area contributed by atoms with Crippen molar-refractivity contribution < 1.29 is 9.84 Å². The van der Waals surface area contributed by atoms with E-state index in [0.717, 1.165) is 13.0 Å². The highest BCUT2D eigenvalue weighted by atomic mass is 16.5. The zero-order chi connectivity index (χ0) is 8.48. The Morgan fingerprint density at radius 1 is 1.36 bits per heavy atom. The quantitative estimate of drug-likeness (QED) is 0.668. The molecule has 1 aliphatic rings. The maximum Gasteiger partial charge on any atom is 0.0467 e. The Morgan fingerprint density at radius 2 is 2.00 bits per heavy atom. The van der Waals surface area contributed by atoms with Crippen LogP contribution in [-0.2, 0) is 4.74 Å². The van der Waals surface area contributed by atoms with Crippen LogP contribution in [0.25, 0.3) is 0 Å². The van der Waals surface area contributed by atoms with Gasteiger partial charge in [-0.25, -0.2) is 0 Å². The zero-order valence-corrected chi connectivity index (χ0v) is 7.63. The van der Waals surface area contributed by atoms with E-state index in [1.165, 1.54) is 0 Å². The summed E-state index contributed by atoms with van der Waals surface area (Å²) in [6, 6.07) is 0. The normalized spacial score (nSPS) is 33.8. The fourth-order valence-corrected chi connectivity index (χ4v) is 2.04. The number of rotatable bonds is 4. The van der Waals surface area contributed by atoms with E-state index < -0.39 is 0 Å². The van der Waals surface area contributed by atoms with E-state index in [1.54, 1.807) is 7.11 Å². The minimum Gasteiger partial charge on any atom is -0.396 e. The Hall–Kier alpha value is -0.0800. The van der Waals surface area contributed by atoms with Gasteiger partial charge in [-0.3, -0.25) is 0 Å². The van der Waals surface area contributed by atoms with Crippen molar-refractivity contribution in [2.75, 3.05) is 20.3 Å². The molecule has 0 bridgehead atoms. The molecule has 11 heavy (non-hydrogen) atoms. The Balaban J connectivity index is 2.28. The molecule has 1 aliphatic carbocycles. The number of hydrogen-bond donors (Lipinski definition) is 1. The van der Waals surface area contributed by atoms with Gasteiger partial charge in [0, 0.05) is 20.3 Å². The second kappa shape index (κ2) is 3.11. The molecule has 1 N–H and O–H groups in total. The molecule has 0 saturated heterocycles. The fourth-order valence-electron chi connectivity index (χ4n) is 2.04. The molecule has 0 heterocycles. The van der Waals surface area contributed by atoms with Crippen molar-refractivity contribution in [2.45, 2.75) is 20.3 Å². The summed E-state index contributed by atoms with van der Waals surface area (Å²) in [6.07, 6.45) is 1.09.